The van der Waals surface area contributed by atoms with Crippen molar-refractivity contribution < 1.29 is 4.79 Å². The van der Waals surface area contributed by atoms with Crippen LogP contribution in [-0.2, 0) is 4.79 Å². The summed E-state index contributed by atoms with van der Waals surface area (Å²) in [6.45, 7) is 3.18. The molecule has 0 bridgehead atoms. The van der Waals surface area contributed by atoms with Crippen LogP contribution in [0, 0.1) is 17.8 Å². The fourth-order valence-electron chi connectivity index (χ4n) is 2.16. The summed E-state index contributed by atoms with van der Waals surface area (Å²) >= 11 is 0. The lowest BCUT2D eigenvalue weighted by atomic mass is 10.1. The van der Waals surface area contributed by atoms with Crippen molar-refractivity contribution in [2.45, 2.75) is 38.6 Å². The van der Waals surface area contributed by atoms with E-state index >= 15 is 0 Å². The van der Waals surface area contributed by atoms with Gasteiger partial charge in [0.05, 0.1) is 0 Å². The van der Waals surface area contributed by atoms with Gasteiger partial charge in [0, 0.05) is 26.1 Å². The van der Waals surface area contributed by atoms with Crippen molar-refractivity contribution >= 4 is 5.91 Å². The zero-order chi connectivity index (χ0) is 11.0. The lowest BCUT2D eigenvalue weighted by Crippen LogP contribution is -2.35. The second-order valence-electron chi connectivity index (χ2n) is 5.45. The Morgan fingerprint density at radius 1 is 1.53 bits per heavy atom. The van der Waals surface area contributed by atoms with Gasteiger partial charge >= 0.3 is 0 Å². The van der Waals surface area contributed by atoms with E-state index in [9.17, 15) is 4.79 Å². The van der Waals surface area contributed by atoms with Crippen LogP contribution in [0.3, 0.4) is 0 Å². The normalized spacial score (nSPS) is 31.1. The fraction of sp³-hybridized carbons (Fsp3) is 0.917. The van der Waals surface area contributed by atoms with Crippen molar-refractivity contribution in [1.29, 1.82) is 0 Å². The molecule has 2 saturated carbocycles. The molecule has 2 fully saturated rings. The minimum Gasteiger partial charge on any atom is -0.345 e. The molecule has 2 rings (SSSR count). The van der Waals surface area contributed by atoms with Crippen molar-refractivity contribution in [3.05, 3.63) is 0 Å². The summed E-state index contributed by atoms with van der Waals surface area (Å²) in [5.74, 6) is 2.42. The van der Waals surface area contributed by atoms with Crippen LogP contribution in [0.15, 0.2) is 0 Å². The number of rotatable bonds is 5. The van der Waals surface area contributed by atoms with E-state index in [4.69, 9.17) is 5.73 Å². The predicted molar refractivity (Wildman–Crippen MR) is 60.2 cm³/mol. The van der Waals surface area contributed by atoms with E-state index in [1.807, 2.05) is 11.9 Å². The first kappa shape index (κ1) is 10.9. The van der Waals surface area contributed by atoms with Crippen molar-refractivity contribution in [3.63, 3.8) is 0 Å². The Balaban J connectivity index is 1.69. The van der Waals surface area contributed by atoms with Gasteiger partial charge in [-0.1, -0.05) is 6.92 Å². The van der Waals surface area contributed by atoms with Gasteiger partial charge in [0.2, 0.25) is 5.91 Å². The smallest absolute Gasteiger partial charge is 0.223 e. The summed E-state index contributed by atoms with van der Waals surface area (Å²) in [6.07, 6.45) is 4.27. The molecule has 2 aliphatic carbocycles. The molecule has 3 unspecified atom stereocenters. The average molecular weight is 210 g/mol. The monoisotopic (exact) mass is 210 g/mol. The third-order valence-electron chi connectivity index (χ3n) is 3.85. The Morgan fingerprint density at radius 2 is 2.13 bits per heavy atom. The first-order chi connectivity index (χ1) is 7.08. The number of hydrogen-bond donors (Lipinski definition) is 1. The SMILES string of the molecule is CC1CC1CN(C)C(=O)CC(N)C1CC1. The quantitative estimate of drug-likeness (QED) is 0.742. The van der Waals surface area contributed by atoms with Gasteiger partial charge in [-0.2, -0.15) is 0 Å². The van der Waals surface area contributed by atoms with E-state index in [0.717, 1.165) is 18.4 Å². The van der Waals surface area contributed by atoms with Crippen LogP contribution in [0.4, 0.5) is 0 Å². The summed E-state index contributed by atoms with van der Waals surface area (Å²) in [7, 11) is 1.91. The summed E-state index contributed by atoms with van der Waals surface area (Å²) in [5.41, 5.74) is 5.94. The minimum atomic E-state index is 0.108. The highest BCUT2D eigenvalue weighted by Crippen LogP contribution is 2.38. The molecule has 2 aliphatic rings. The second kappa shape index (κ2) is 4.12. The maximum Gasteiger partial charge on any atom is 0.223 e. The van der Waals surface area contributed by atoms with E-state index in [-0.39, 0.29) is 11.9 Å². The predicted octanol–water partition coefficient (Wildman–Crippen LogP) is 1.23. The maximum absolute atomic E-state index is 11.8. The first-order valence-corrected chi connectivity index (χ1v) is 6.07. The lowest BCUT2D eigenvalue weighted by molar-refractivity contribution is -0.130. The fourth-order valence-corrected chi connectivity index (χ4v) is 2.16. The van der Waals surface area contributed by atoms with E-state index in [0.29, 0.717) is 12.3 Å². The molecule has 1 amide bonds. The van der Waals surface area contributed by atoms with Gasteiger partial charge in [-0.3, -0.25) is 4.79 Å². The van der Waals surface area contributed by atoms with Gasteiger partial charge in [-0.05, 0) is 37.0 Å². The van der Waals surface area contributed by atoms with Gasteiger partial charge < -0.3 is 10.6 Å². The molecule has 0 aliphatic heterocycles. The first-order valence-electron chi connectivity index (χ1n) is 6.07. The zero-order valence-corrected chi connectivity index (χ0v) is 9.78. The van der Waals surface area contributed by atoms with Crippen molar-refractivity contribution in [2.24, 2.45) is 23.5 Å². The molecular formula is C12H22N2O. The Hall–Kier alpha value is -0.570. The Bertz CT molecular complexity index is 250. The molecule has 15 heavy (non-hydrogen) atoms. The third kappa shape index (κ3) is 2.94. The zero-order valence-electron chi connectivity index (χ0n) is 9.78. The van der Waals surface area contributed by atoms with Gasteiger partial charge in [0.1, 0.15) is 0 Å². The molecule has 0 aromatic carbocycles. The van der Waals surface area contributed by atoms with E-state index in [1.165, 1.54) is 19.3 Å². The molecule has 0 heterocycles. The van der Waals surface area contributed by atoms with Crippen LogP contribution in [-0.4, -0.2) is 30.4 Å². The molecule has 3 nitrogen and oxygen atoms in total. The van der Waals surface area contributed by atoms with Crippen LogP contribution < -0.4 is 5.73 Å². The number of nitrogens with two attached hydrogens (primary N) is 1. The average Bonchev–Trinajstić information content (AvgIpc) is 3.02. The van der Waals surface area contributed by atoms with Crippen LogP contribution in [0.5, 0.6) is 0 Å². The molecule has 3 heteroatoms. The highest BCUT2D eigenvalue weighted by atomic mass is 16.2. The molecule has 86 valence electrons. The largest absolute Gasteiger partial charge is 0.345 e. The molecule has 0 aromatic rings. The van der Waals surface area contributed by atoms with E-state index < -0.39 is 0 Å². The molecule has 3 atom stereocenters. The Kier molecular flexibility index (Phi) is 3.01. The standard InChI is InChI=1S/C12H22N2O/c1-8-5-10(8)7-14(2)12(15)6-11(13)9-3-4-9/h8-11H,3-7,13H2,1-2H3. The van der Waals surface area contributed by atoms with Crippen molar-refractivity contribution in [3.8, 4) is 0 Å². The van der Waals surface area contributed by atoms with Gasteiger partial charge in [0.15, 0.2) is 0 Å². The van der Waals surface area contributed by atoms with Gasteiger partial charge in [-0.25, -0.2) is 0 Å². The molecule has 0 radical (unpaired) electrons. The third-order valence-corrected chi connectivity index (χ3v) is 3.85. The van der Waals surface area contributed by atoms with Crippen LogP contribution in [0.1, 0.15) is 32.6 Å². The highest BCUT2D eigenvalue weighted by molar-refractivity contribution is 5.76. The summed E-state index contributed by atoms with van der Waals surface area (Å²) < 4.78 is 0. The summed E-state index contributed by atoms with van der Waals surface area (Å²) in [5, 5.41) is 0. The number of hydrogen-bond acceptors (Lipinski definition) is 2. The van der Waals surface area contributed by atoms with Crippen LogP contribution in [0.2, 0.25) is 0 Å². The molecule has 2 N–H and O–H groups in total. The Labute approximate surface area is 92.0 Å². The number of carbonyl (C=O) groups excluding carboxylic acids is 1. The number of amides is 1. The summed E-state index contributed by atoms with van der Waals surface area (Å²) in [4.78, 5) is 13.7. The topological polar surface area (TPSA) is 46.3 Å². The molecular weight excluding hydrogens is 188 g/mol. The maximum atomic E-state index is 11.8. The molecule has 0 aromatic heterocycles. The minimum absolute atomic E-state index is 0.108. The number of carbonyl (C=O) groups is 1. The van der Waals surface area contributed by atoms with Crippen LogP contribution in [0.25, 0.3) is 0 Å². The van der Waals surface area contributed by atoms with Crippen LogP contribution >= 0.6 is 0 Å². The lowest BCUT2D eigenvalue weighted by Gasteiger charge is -2.19. The second-order valence-corrected chi connectivity index (χ2v) is 5.45. The van der Waals surface area contributed by atoms with Gasteiger partial charge in [0.25, 0.3) is 0 Å². The Morgan fingerprint density at radius 3 is 2.60 bits per heavy atom. The van der Waals surface area contributed by atoms with Crippen molar-refractivity contribution in [2.75, 3.05) is 13.6 Å². The van der Waals surface area contributed by atoms with Gasteiger partial charge in [-0.15, -0.1) is 0 Å². The molecule has 0 saturated heterocycles. The number of nitrogens with zero attached hydrogens (tertiary/aromatic N) is 1. The van der Waals surface area contributed by atoms with E-state index in [1.54, 1.807) is 0 Å². The molecule has 0 spiro atoms. The van der Waals surface area contributed by atoms with Crippen molar-refractivity contribution in [1.82, 2.24) is 4.90 Å². The van der Waals surface area contributed by atoms with E-state index in [2.05, 4.69) is 6.92 Å². The highest BCUT2D eigenvalue weighted by Gasteiger charge is 2.35. The summed E-state index contributed by atoms with van der Waals surface area (Å²) in [6, 6.07) is 0.108.